The molecule has 0 aromatic carbocycles. The van der Waals surface area contributed by atoms with Crippen LogP contribution in [-0.4, -0.2) is 16.3 Å². The first kappa shape index (κ1) is 12.6. The Kier molecular flexibility index (Phi) is 4.20. The van der Waals surface area contributed by atoms with E-state index in [0.29, 0.717) is 0 Å². The van der Waals surface area contributed by atoms with Gasteiger partial charge in [-0.25, -0.2) is 0 Å². The molecule has 0 aliphatic rings. The van der Waals surface area contributed by atoms with Crippen molar-refractivity contribution in [2.24, 2.45) is 0 Å². The third-order valence-corrected chi connectivity index (χ3v) is 4.10. The number of aromatic nitrogens is 2. The van der Waals surface area contributed by atoms with E-state index in [4.69, 9.17) is 11.6 Å². The molecule has 0 aliphatic heterocycles. The summed E-state index contributed by atoms with van der Waals surface area (Å²) in [5.41, 5.74) is 1.95. The van der Waals surface area contributed by atoms with Gasteiger partial charge in [0.1, 0.15) is 0 Å². The molecule has 2 aromatic rings. The summed E-state index contributed by atoms with van der Waals surface area (Å²) in [7, 11) is 0. The van der Waals surface area contributed by atoms with E-state index in [1.807, 2.05) is 18.5 Å². The fourth-order valence-corrected chi connectivity index (χ4v) is 2.51. The second-order valence-electron chi connectivity index (χ2n) is 3.96. The van der Waals surface area contributed by atoms with Crippen LogP contribution in [0.3, 0.4) is 0 Å². The van der Waals surface area contributed by atoms with Crippen LogP contribution in [-0.2, 0) is 13.1 Å². The zero-order valence-electron chi connectivity index (χ0n) is 10.0. The zero-order chi connectivity index (χ0) is 12.3. The first-order chi connectivity index (χ1) is 8.18. The van der Waals surface area contributed by atoms with E-state index < -0.39 is 0 Å². The number of nitrogens with zero attached hydrogens (tertiary/aromatic N) is 2. The topological polar surface area (TPSA) is 29.9 Å². The van der Waals surface area contributed by atoms with E-state index in [2.05, 4.69) is 27.9 Å². The van der Waals surface area contributed by atoms with Gasteiger partial charge in [-0.3, -0.25) is 4.68 Å². The maximum Gasteiger partial charge on any atom is 0.0844 e. The molecule has 0 unspecified atom stereocenters. The summed E-state index contributed by atoms with van der Waals surface area (Å²) in [4.78, 5) is 1.36. The molecule has 17 heavy (non-hydrogen) atoms. The van der Waals surface area contributed by atoms with Crippen molar-refractivity contribution in [3.8, 4) is 0 Å². The number of halogens is 1. The fourth-order valence-electron chi connectivity index (χ4n) is 1.70. The molecule has 1 N–H and O–H groups in total. The lowest BCUT2D eigenvalue weighted by molar-refractivity contribution is 0.544. The van der Waals surface area contributed by atoms with Gasteiger partial charge in [-0.1, -0.05) is 17.7 Å². The van der Waals surface area contributed by atoms with Crippen LogP contribution < -0.4 is 5.32 Å². The molecule has 0 bridgehead atoms. The van der Waals surface area contributed by atoms with Gasteiger partial charge in [0.15, 0.2) is 0 Å². The fraction of sp³-hybridized carbons (Fsp3) is 0.417. The lowest BCUT2D eigenvalue weighted by Gasteiger charge is -2.05. The summed E-state index contributed by atoms with van der Waals surface area (Å²) < 4.78 is 1.96. The Balaban J connectivity index is 1.80. The molecule has 0 fully saturated rings. The third-order valence-electron chi connectivity index (χ3n) is 2.67. The number of hydrogen-bond donors (Lipinski definition) is 1. The summed E-state index contributed by atoms with van der Waals surface area (Å²) in [6.07, 6.45) is 0. The van der Waals surface area contributed by atoms with Crippen molar-refractivity contribution in [1.29, 1.82) is 0 Å². The number of thiophene rings is 1. The predicted molar refractivity (Wildman–Crippen MR) is 72.7 cm³/mol. The Hall–Kier alpha value is -0.840. The molecular formula is C12H16ClN3S. The van der Waals surface area contributed by atoms with Crippen molar-refractivity contribution in [1.82, 2.24) is 15.1 Å². The smallest absolute Gasteiger partial charge is 0.0844 e. The lowest BCUT2D eigenvalue weighted by atomic mass is 10.4. The van der Waals surface area contributed by atoms with Gasteiger partial charge in [-0.05, 0) is 25.3 Å². The highest BCUT2D eigenvalue weighted by Gasteiger charge is 2.07. The Bertz CT molecular complexity index is 476. The first-order valence-electron chi connectivity index (χ1n) is 5.61. The Morgan fingerprint density at radius 1 is 1.47 bits per heavy atom. The molecule has 3 nitrogen and oxygen atoms in total. The molecule has 0 radical (unpaired) electrons. The van der Waals surface area contributed by atoms with E-state index in [0.717, 1.165) is 36.0 Å². The van der Waals surface area contributed by atoms with E-state index in [-0.39, 0.29) is 0 Å². The average molecular weight is 270 g/mol. The Morgan fingerprint density at radius 2 is 2.29 bits per heavy atom. The van der Waals surface area contributed by atoms with Gasteiger partial charge >= 0.3 is 0 Å². The van der Waals surface area contributed by atoms with Gasteiger partial charge in [-0.15, -0.1) is 11.3 Å². The maximum atomic E-state index is 6.09. The molecule has 0 saturated carbocycles. The minimum Gasteiger partial charge on any atom is -0.310 e. The Morgan fingerprint density at radius 3 is 2.88 bits per heavy atom. The summed E-state index contributed by atoms with van der Waals surface area (Å²) in [5, 5.41) is 10.7. The highest BCUT2D eigenvalue weighted by molar-refractivity contribution is 7.09. The normalized spacial score (nSPS) is 11.0. The molecule has 0 amide bonds. The van der Waals surface area contributed by atoms with Crippen LogP contribution in [0, 0.1) is 13.8 Å². The van der Waals surface area contributed by atoms with Gasteiger partial charge in [0.2, 0.25) is 0 Å². The predicted octanol–water partition coefficient (Wildman–Crippen LogP) is 3.00. The number of aryl methyl sites for hydroxylation is 1. The van der Waals surface area contributed by atoms with E-state index in [9.17, 15) is 0 Å². The number of nitrogens with one attached hydrogen (secondary N) is 1. The van der Waals surface area contributed by atoms with Crippen molar-refractivity contribution in [2.45, 2.75) is 26.9 Å². The van der Waals surface area contributed by atoms with Crippen LogP contribution in [0.25, 0.3) is 0 Å². The van der Waals surface area contributed by atoms with Crippen LogP contribution in [0.1, 0.15) is 16.3 Å². The lowest BCUT2D eigenvalue weighted by Crippen LogP contribution is -2.20. The van der Waals surface area contributed by atoms with Gasteiger partial charge in [0.25, 0.3) is 0 Å². The standard InChI is InChI=1S/C12H16ClN3S/c1-9-12(13)10(2)16(15-9)6-5-14-8-11-4-3-7-17-11/h3-4,7,14H,5-6,8H2,1-2H3. The molecule has 0 saturated heterocycles. The minimum absolute atomic E-state index is 0.781. The maximum absolute atomic E-state index is 6.09. The minimum atomic E-state index is 0.781. The number of rotatable bonds is 5. The van der Waals surface area contributed by atoms with E-state index in [1.54, 1.807) is 11.3 Å². The summed E-state index contributed by atoms with van der Waals surface area (Å²) in [5.74, 6) is 0. The van der Waals surface area contributed by atoms with Crippen LogP contribution in [0.4, 0.5) is 0 Å². The zero-order valence-corrected chi connectivity index (χ0v) is 11.6. The molecule has 0 spiro atoms. The molecule has 0 atom stereocenters. The molecule has 2 heterocycles. The van der Waals surface area contributed by atoms with Crippen molar-refractivity contribution < 1.29 is 0 Å². The van der Waals surface area contributed by atoms with Gasteiger partial charge in [0, 0.05) is 18.0 Å². The Labute approximate surface area is 110 Å². The third kappa shape index (κ3) is 3.09. The largest absolute Gasteiger partial charge is 0.310 e. The van der Waals surface area contributed by atoms with Crippen LogP contribution in [0.15, 0.2) is 17.5 Å². The summed E-state index contributed by atoms with van der Waals surface area (Å²) >= 11 is 7.86. The highest BCUT2D eigenvalue weighted by atomic mass is 35.5. The van der Waals surface area contributed by atoms with Gasteiger partial charge in [-0.2, -0.15) is 5.10 Å². The van der Waals surface area contributed by atoms with Crippen molar-refractivity contribution in [2.75, 3.05) is 6.54 Å². The molecule has 2 rings (SSSR count). The molecule has 2 aromatic heterocycles. The summed E-state index contributed by atoms with van der Waals surface area (Å²) in [6.45, 7) is 6.61. The van der Waals surface area contributed by atoms with Crippen LogP contribution >= 0.6 is 22.9 Å². The summed E-state index contributed by atoms with van der Waals surface area (Å²) in [6, 6.07) is 4.21. The van der Waals surface area contributed by atoms with Crippen molar-refractivity contribution >= 4 is 22.9 Å². The highest BCUT2D eigenvalue weighted by Crippen LogP contribution is 2.18. The average Bonchev–Trinajstić information content (AvgIpc) is 2.90. The van der Waals surface area contributed by atoms with Crippen LogP contribution in [0.2, 0.25) is 5.02 Å². The second-order valence-corrected chi connectivity index (χ2v) is 5.37. The van der Waals surface area contributed by atoms with Crippen molar-refractivity contribution in [3.05, 3.63) is 38.8 Å². The first-order valence-corrected chi connectivity index (χ1v) is 6.87. The number of hydrogen-bond acceptors (Lipinski definition) is 3. The van der Waals surface area contributed by atoms with Crippen molar-refractivity contribution in [3.63, 3.8) is 0 Å². The molecule has 5 heteroatoms. The van der Waals surface area contributed by atoms with Gasteiger partial charge < -0.3 is 5.32 Å². The SMILES string of the molecule is Cc1nn(CCNCc2cccs2)c(C)c1Cl. The van der Waals surface area contributed by atoms with Gasteiger partial charge in [0.05, 0.1) is 23.0 Å². The quantitative estimate of drug-likeness (QED) is 0.846. The van der Waals surface area contributed by atoms with E-state index in [1.165, 1.54) is 4.88 Å². The second kappa shape index (κ2) is 5.67. The molecule has 0 aliphatic carbocycles. The van der Waals surface area contributed by atoms with Crippen LogP contribution in [0.5, 0.6) is 0 Å². The molecule has 92 valence electrons. The monoisotopic (exact) mass is 269 g/mol. The van der Waals surface area contributed by atoms with E-state index >= 15 is 0 Å². The molecular weight excluding hydrogens is 254 g/mol.